The van der Waals surface area contributed by atoms with E-state index < -0.39 is 0 Å². The molecule has 2 nitrogen and oxygen atoms in total. The second-order valence-electron chi connectivity index (χ2n) is 5.94. The number of benzene rings is 2. The fourth-order valence-electron chi connectivity index (χ4n) is 3.00. The van der Waals surface area contributed by atoms with Crippen LogP contribution in [0.5, 0.6) is 0 Å². The quantitative estimate of drug-likeness (QED) is 0.896. The van der Waals surface area contributed by atoms with Crippen LogP contribution in [0, 0.1) is 0 Å². The molecular formula is C19H20N2. The van der Waals surface area contributed by atoms with E-state index in [0.717, 1.165) is 0 Å². The summed E-state index contributed by atoms with van der Waals surface area (Å²) in [4.78, 5) is 0. The molecule has 2 aromatic rings. The minimum atomic E-state index is 0.378. The predicted molar refractivity (Wildman–Crippen MR) is 85.7 cm³/mol. The molecule has 2 aliphatic rings. The molecular weight excluding hydrogens is 256 g/mol. The fourth-order valence-corrected chi connectivity index (χ4v) is 3.00. The third-order valence-corrected chi connectivity index (χ3v) is 4.33. The van der Waals surface area contributed by atoms with Crippen LogP contribution in [0.3, 0.4) is 0 Å². The first kappa shape index (κ1) is 12.7. The Labute approximate surface area is 126 Å². The molecule has 0 radical (unpaired) electrons. The van der Waals surface area contributed by atoms with Gasteiger partial charge in [-0.3, -0.25) is 0 Å². The van der Waals surface area contributed by atoms with E-state index in [-0.39, 0.29) is 0 Å². The molecule has 1 fully saturated rings. The van der Waals surface area contributed by atoms with Crippen LogP contribution in [0.15, 0.2) is 72.9 Å². The molecule has 0 bridgehead atoms. The molecule has 0 saturated heterocycles. The summed E-state index contributed by atoms with van der Waals surface area (Å²) in [5, 5.41) is 2.29. The van der Waals surface area contributed by atoms with E-state index in [2.05, 4.69) is 83.4 Å². The molecule has 21 heavy (non-hydrogen) atoms. The van der Waals surface area contributed by atoms with Crippen LogP contribution in [0.2, 0.25) is 0 Å². The van der Waals surface area contributed by atoms with Gasteiger partial charge < -0.3 is 5.01 Å². The van der Waals surface area contributed by atoms with Crippen LogP contribution >= 0.6 is 0 Å². The van der Waals surface area contributed by atoms with Crippen LogP contribution in [0.1, 0.15) is 29.9 Å². The van der Waals surface area contributed by atoms with Crippen LogP contribution in [-0.4, -0.2) is 17.1 Å². The van der Waals surface area contributed by atoms with Gasteiger partial charge in [0.2, 0.25) is 0 Å². The minimum absolute atomic E-state index is 0.378. The molecule has 1 atom stereocenters. The summed E-state index contributed by atoms with van der Waals surface area (Å²) in [5.74, 6) is 0.378. The number of nitrogens with zero attached hydrogens (tertiary/aromatic N) is 1. The first-order chi connectivity index (χ1) is 10.4. The van der Waals surface area contributed by atoms with Gasteiger partial charge >= 0.3 is 0 Å². The van der Waals surface area contributed by atoms with E-state index in [1.165, 1.54) is 24.0 Å². The van der Waals surface area contributed by atoms with E-state index in [4.69, 9.17) is 0 Å². The smallest absolute Gasteiger partial charge is 0.0754 e. The van der Waals surface area contributed by atoms with Gasteiger partial charge in [-0.05, 0) is 30.0 Å². The molecule has 1 N–H and O–H groups in total. The van der Waals surface area contributed by atoms with Gasteiger partial charge in [-0.1, -0.05) is 60.7 Å². The molecule has 1 aliphatic heterocycles. The highest BCUT2D eigenvalue weighted by Crippen LogP contribution is 2.35. The lowest BCUT2D eigenvalue weighted by molar-refractivity contribution is 0.173. The van der Waals surface area contributed by atoms with Crippen molar-refractivity contribution in [2.24, 2.45) is 0 Å². The molecule has 0 spiro atoms. The van der Waals surface area contributed by atoms with Gasteiger partial charge in [-0.2, -0.15) is 0 Å². The summed E-state index contributed by atoms with van der Waals surface area (Å²) in [6, 6.07) is 22.7. The van der Waals surface area contributed by atoms with Crippen molar-refractivity contribution in [1.29, 1.82) is 0 Å². The summed E-state index contributed by atoms with van der Waals surface area (Å²) in [5.41, 5.74) is 6.36. The highest BCUT2D eigenvalue weighted by molar-refractivity contribution is 5.37. The molecule has 2 heteroatoms. The molecule has 1 saturated carbocycles. The third kappa shape index (κ3) is 2.59. The second kappa shape index (κ2) is 5.38. The van der Waals surface area contributed by atoms with Crippen molar-refractivity contribution in [3.05, 3.63) is 84.1 Å². The normalized spacial score (nSPS) is 20.6. The van der Waals surface area contributed by atoms with Gasteiger partial charge in [0.05, 0.1) is 6.04 Å². The minimum Gasteiger partial charge on any atom is -0.308 e. The summed E-state index contributed by atoms with van der Waals surface area (Å²) >= 11 is 0. The number of hydrogen-bond donors (Lipinski definition) is 1. The first-order valence-electron chi connectivity index (χ1n) is 7.74. The molecule has 4 rings (SSSR count). The van der Waals surface area contributed by atoms with E-state index in [1.54, 1.807) is 0 Å². The Kier molecular flexibility index (Phi) is 3.24. The second-order valence-corrected chi connectivity index (χ2v) is 5.94. The Morgan fingerprint density at radius 2 is 1.43 bits per heavy atom. The van der Waals surface area contributed by atoms with Crippen LogP contribution in [0.25, 0.3) is 0 Å². The first-order valence-corrected chi connectivity index (χ1v) is 7.74. The lowest BCUT2D eigenvalue weighted by Crippen LogP contribution is -2.50. The standard InChI is InChI=1S/C19H20N2/c1-3-7-15(8-4-1)19(16-9-5-2-6-10-16)18-13-14-21(18)20-17-11-12-17/h1-10,13-14,17-20H,11-12H2. The highest BCUT2D eigenvalue weighted by Gasteiger charge is 2.34. The summed E-state index contributed by atoms with van der Waals surface area (Å²) in [7, 11) is 0. The molecule has 2 aromatic carbocycles. The van der Waals surface area contributed by atoms with Crippen LogP contribution in [0.4, 0.5) is 0 Å². The van der Waals surface area contributed by atoms with E-state index in [0.29, 0.717) is 18.0 Å². The van der Waals surface area contributed by atoms with Crippen molar-refractivity contribution in [3.8, 4) is 0 Å². The topological polar surface area (TPSA) is 15.3 Å². The van der Waals surface area contributed by atoms with Gasteiger partial charge in [-0.25, -0.2) is 5.43 Å². The summed E-state index contributed by atoms with van der Waals surface area (Å²) < 4.78 is 0. The van der Waals surface area contributed by atoms with Crippen molar-refractivity contribution in [3.63, 3.8) is 0 Å². The van der Waals surface area contributed by atoms with Crippen molar-refractivity contribution in [1.82, 2.24) is 10.4 Å². The van der Waals surface area contributed by atoms with Gasteiger partial charge in [0.25, 0.3) is 0 Å². The third-order valence-electron chi connectivity index (χ3n) is 4.33. The molecule has 0 aromatic heterocycles. The van der Waals surface area contributed by atoms with Crippen molar-refractivity contribution < 1.29 is 0 Å². The summed E-state index contributed by atoms with van der Waals surface area (Å²) in [6.07, 6.45) is 7.08. The molecule has 1 aliphatic carbocycles. The Balaban J connectivity index is 1.65. The molecule has 106 valence electrons. The number of hydrogen-bond acceptors (Lipinski definition) is 2. The Morgan fingerprint density at radius 3 is 1.86 bits per heavy atom. The fraction of sp³-hybridized carbons (Fsp3) is 0.263. The van der Waals surface area contributed by atoms with E-state index >= 15 is 0 Å². The van der Waals surface area contributed by atoms with Crippen molar-refractivity contribution in [2.75, 3.05) is 0 Å². The van der Waals surface area contributed by atoms with Gasteiger partial charge in [0.1, 0.15) is 0 Å². The molecule has 1 unspecified atom stereocenters. The van der Waals surface area contributed by atoms with Gasteiger partial charge in [0.15, 0.2) is 0 Å². The average Bonchev–Trinajstić information content (AvgIpc) is 3.35. The maximum Gasteiger partial charge on any atom is 0.0754 e. The van der Waals surface area contributed by atoms with Crippen LogP contribution < -0.4 is 5.43 Å². The van der Waals surface area contributed by atoms with Crippen molar-refractivity contribution >= 4 is 0 Å². The zero-order valence-electron chi connectivity index (χ0n) is 12.0. The van der Waals surface area contributed by atoms with Gasteiger partial charge in [0, 0.05) is 18.2 Å². The number of rotatable bonds is 5. The average molecular weight is 276 g/mol. The van der Waals surface area contributed by atoms with Gasteiger partial charge in [-0.15, -0.1) is 0 Å². The monoisotopic (exact) mass is 276 g/mol. The SMILES string of the molecule is C1=CN(NC2CC2)C1C(c1ccccc1)c1ccccc1. The van der Waals surface area contributed by atoms with Crippen molar-refractivity contribution in [2.45, 2.75) is 30.8 Å². The maximum atomic E-state index is 3.61. The maximum absolute atomic E-state index is 3.61. The lowest BCUT2D eigenvalue weighted by Gasteiger charge is -2.41. The molecule has 0 amide bonds. The number of hydrazine groups is 1. The molecule has 1 heterocycles. The Morgan fingerprint density at radius 1 is 0.857 bits per heavy atom. The lowest BCUT2D eigenvalue weighted by atomic mass is 9.83. The Bertz CT molecular complexity index is 577. The zero-order valence-corrected chi connectivity index (χ0v) is 12.0. The zero-order chi connectivity index (χ0) is 14.1. The number of nitrogens with one attached hydrogen (secondary N) is 1. The summed E-state index contributed by atoms with van der Waals surface area (Å²) in [6.45, 7) is 0. The largest absolute Gasteiger partial charge is 0.308 e. The highest BCUT2D eigenvalue weighted by atomic mass is 15.5. The predicted octanol–water partition coefficient (Wildman–Crippen LogP) is 3.68. The Hall–Kier alpha value is -2.06. The van der Waals surface area contributed by atoms with E-state index in [9.17, 15) is 0 Å². The van der Waals surface area contributed by atoms with Crippen LogP contribution in [-0.2, 0) is 0 Å². The van der Waals surface area contributed by atoms with E-state index in [1.807, 2.05) is 0 Å².